The maximum atomic E-state index is 13.1. The summed E-state index contributed by atoms with van der Waals surface area (Å²) in [5.41, 5.74) is 1.37. The van der Waals surface area contributed by atoms with Crippen LogP contribution in [0.4, 0.5) is 5.69 Å². The van der Waals surface area contributed by atoms with Gasteiger partial charge in [-0.3, -0.25) is 4.79 Å². The molecule has 0 fully saturated rings. The van der Waals surface area contributed by atoms with Crippen molar-refractivity contribution in [1.29, 1.82) is 0 Å². The third kappa shape index (κ3) is 3.16. The maximum Gasteiger partial charge on any atom is 0.278 e. The summed E-state index contributed by atoms with van der Waals surface area (Å²) in [6.07, 6.45) is 0.315. The minimum Gasteiger partial charge on any atom is -0.504 e. The summed E-state index contributed by atoms with van der Waals surface area (Å²) >= 11 is 0. The van der Waals surface area contributed by atoms with E-state index < -0.39 is 12.1 Å². The van der Waals surface area contributed by atoms with E-state index in [0.717, 1.165) is 5.01 Å². The SMILES string of the molecule is O=C1c2ccccc2N[C@@H](c2cccc(O)c2O)N1/N=C/c1cccc(O)c1O. The first-order valence-electron chi connectivity index (χ1n) is 8.72. The van der Waals surface area contributed by atoms with Crippen molar-refractivity contribution < 1.29 is 25.2 Å². The molecule has 3 aromatic rings. The highest BCUT2D eigenvalue weighted by molar-refractivity contribution is 6.02. The average Bonchev–Trinajstić information content (AvgIpc) is 2.72. The van der Waals surface area contributed by atoms with Gasteiger partial charge in [0.05, 0.1) is 11.8 Å². The highest BCUT2D eigenvalue weighted by Gasteiger charge is 2.34. The molecule has 8 nitrogen and oxygen atoms in total. The normalized spacial score (nSPS) is 15.9. The fraction of sp³-hybridized carbons (Fsp3) is 0.0476. The van der Waals surface area contributed by atoms with Crippen LogP contribution >= 0.6 is 0 Å². The van der Waals surface area contributed by atoms with Crippen LogP contribution in [-0.2, 0) is 0 Å². The zero-order chi connectivity index (χ0) is 20.5. The highest BCUT2D eigenvalue weighted by atomic mass is 16.3. The molecule has 146 valence electrons. The standard InChI is InChI=1S/C21H17N3O5/c25-16-9-3-5-12(18(16)27)11-22-24-20(14-7-4-10-17(26)19(14)28)23-15-8-2-1-6-13(15)21(24)29/h1-11,20,23,25-28H/b22-11+/t20-/m1/s1. The monoisotopic (exact) mass is 391 g/mol. The molecule has 5 N–H and O–H groups in total. The van der Waals surface area contributed by atoms with Crippen molar-refractivity contribution >= 4 is 17.8 Å². The zero-order valence-corrected chi connectivity index (χ0v) is 15.0. The van der Waals surface area contributed by atoms with Crippen LogP contribution in [0, 0.1) is 0 Å². The molecule has 0 aliphatic carbocycles. The van der Waals surface area contributed by atoms with Crippen LogP contribution in [0.5, 0.6) is 23.0 Å². The molecule has 29 heavy (non-hydrogen) atoms. The van der Waals surface area contributed by atoms with Gasteiger partial charge in [-0.1, -0.05) is 30.3 Å². The molecule has 0 spiro atoms. The van der Waals surface area contributed by atoms with Crippen molar-refractivity contribution in [1.82, 2.24) is 5.01 Å². The molecule has 1 atom stereocenters. The number of phenolic OH excluding ortho intramolecular Hbond substituents is 4. The van der Waals surface area contributed by atoms with E-state index in [1.165, 1.54) is 30.5 Å². The third-order valence-electron chi connectivity index (χ3n) is 4.61. The molecule has 1 aliphatic rings. The number of carbonyl (C=O) groups is 1. The number of carbonyl (C=O) groups excluding carboxylic acids is 1. The van der Waals surface area contributed by atoms with Crippen molar-refractivity contribution in [3.63, 3.8) is 0 Å². The van der Waals surface area contributed by atoms with E-state index in [4.69, 9.17) is 0 Å². The van der Waals surface area contributed by atoms with Crippen LogP contribution in [0.2, 0.25) is 0 Å². The number of para-hydroxylation sites is 3. The molecule has 4 rings (SSSR count). The van der Waals surface area contributed by atoms with Gasteiger partial charge in [0.25, 0.3) is 5.91 Å². The van der Waals surface area contributed by atoms with Crippen LogP contribution in [0.3, 0.4) is 0 Å². The Morgan fingerprint density at radius 2 is 1.55 bits per heavy atom. The number of anilines is 1. The van der Waals surface area contributed by atoms with E-state index in [1.807, 2.05) is 0 Å². The number of phenols is 4. The largest absolute Gasteiger partial charge is 0.504 e. The Hall–Kier alpha value is -4.20. The highest BCUT2D eigenvalue weighted by Crippen LogP contribution is 2.40. The molecule has 0 bridgehead atoms. The molecular weight excluding hydrogens is 374 g/mol. The smallest absolute Gasteiger partial charge is 0.278 e. The number of amides is 1. The van der Waals surface area contributed by atoms with Crippen LogP contribution in [-0.4, -0.2) is 37.6 Å². The van der Waals surface area contributed by atoms with Crippen LogP contribution < -0.4 is 5.32 Å². The number of nitrogens with zero attached hydrogens (tertiary/aromatic N) is 2. The second-order valence-electron chi connectivity index (χ2n) is 6.42. The lowest BCUT2D eigenvalue weighted by Gasteiger charge is -2.34. The van der Waals surface area contributed by atoms with Crippen molar-refractivity contribution in [3.8, 4) is 23.0 Å². The van der Waals surface area contributed by atoms with Crippen LogP contribution in [0.15, 0.2) is 65.8 Å². The Kier molecular flexibility index (Phi) is 4.44. The minimum atomic E-state index is -0.916. The molecule has 1 aliphatic heterocycles. The van der Waals surface area contributed by atoms with E-state index in [9.17, 15) is 25.2 Å². The number of hydrogen-bond donors (Lipinski definition) is 5. The van der Waals surface area contributed by atoms with Crippen molar-refractivity contribution in [2.45, 2.75) is 6.17 Å². The third-order valence-corrected chi connectivity index (χ3v) is 4.61. The molecule has 0 unspecified atom stereocenters. The van der Waals surface area contributed by atoms with Crippen molar-refractivity contribution in [2.24, 2.45) is 5.10 Å². The van der Waals surface area contributed by atoms with Crippen molar-refractivity contribution in [3.05, 3.63) is 77.4 Å². The molecule has 1 heterocycles. The first-order valence-corrected chi connectivity index (χ1v) is 8.72. The van der Waals surface area contributed by atoms with Gasteiger partial charge in [0.2, 0.25) is 0 Å². The van der Waals surface area contributed by atoms with Gasteiger partial charge in [-0.2, -0.15) is 5.10 Å². The quantitative estimate of drug-likeness (QED) is 0.345. The molecule has 0 saturated heterocycles. The topological polar surface area (TPSA) is 126 Å². The van der Waals surface area contributed by atoms with Gasteiger partial charge in [-0.15, -0.1) is 0 Å². The molecule has 0 saturated carbocycles. The van der Waals surface area contributed by atoms with Gasteiger partial charge in [-0.25, -0.2) is 5.01 Å². The Labute approximate surface area is 165 Å². The summed E-state index contributed by atoms with van der Waals surface area (Å²) in [7, 11) is 0. The van der Waals surface area contributed by atoms with E-state index >= 15 is 0 Å². The summed E-state index contributed by atoms with van der Waals surface area (Å²) in [5, 5.41) is 48.2. The van der Waals surface area contributed by atoms with Gasteiger partial charge in [-0.05, 0) is 30.3 Å². The van der Waals surface area contributed by atoms with Gasteiger partial charge in [0.1, 0.15) is 0 Å². The van der Waals surface area contributed by atoms with Crippen LogP contribution in [0.25, 0.3) is 0 Å². The van der Waals surface area contributed by atoms with Crippen LogP contribution in [0.1, 0.15) is 27.7 Å². The number of hydrogen-bond acceptors (Lipinski definition) is 7. The van der Waals surface area contributed by atoms with Gasteiger partial charge < -0.3 is 25.7 Å². The molecule has 0 aromatic heterocycles. The Balaban J connectivity index is 1.81. The van der Waals surface area contributed by atoms with E-state index in [-0.39, 0.29) is 34.1 Å². The molecule has 3 aromatic carbocycles. The number of fused-ring (bicyclic) bond motifs is 1. The zero-order valence-electron chi connectivity index (χ0n) is 15.0. The Morgan fingerprint density at radius 1 is 0.862 bits per heavy atom. The number of hydrazone groups is 1. The number of aromatic hydroxyl groups is 4. The molecule has 1 amide bonds. The van der Waals surface area contributed by atoms with E-state index in [1.54, 1.807) is 36.4 Å². The lowest BCUT2D eigenvalue weighted by Crippen LogP contribution is -2.39. The Morgan fingerprint density at radius 3 is 2.34 bits per heavy atom. The number of benzene rings is 3. The van der Waals surface area contributed by atoms with Crippen molar-refractivity contribution in [2.75, 3.05) is 5.32 Å². The summed E-state index contributed by atoms with van der Waals surface area (Å²) < 4.78 is 0. The minimum absolute atomic E-state index is 0.204. The second kappa shape index (κ2) is 7.08. The fourth-order valence-corrected chi connectivity index (χ4v) is 3.12. The lowest BCUT2D eigenvalue weighted by molar-refractivity contribution is 0.0689. The molecular formula is C21H17N3O5. The lowest BCUT2D eigenvalue weighted by atomic mass is 10.0. The predicted molar refractivity (Wildman–Crippen MR) is 106 cm³/mol. The van der Waals surface area contributed by atoms with E-state index in [2.05, 4.69) is 10.4 Å². The summed E-state index contributed by atoms with van der Waals surface area (Å²) in [5.74, 6) is -1.83. The maximum absolute atomic E-state index is 13.1. The predicted octanol–water partition coefficient (Wildman–Crippen LogP) is 3.11. The van der Waals surface area contributed by atoms with Gasteiger partial charge >= 0.3 is 0 Å². The second-order valence-corrected chi connectivity index (χ2v) is 6.42. The average molecular weight is 391 g/mol. The van der Waals surface area contributed by atoms with E-state index in [0.29, 0.717) is 11.3 Å². The first-order chi connectivity index (χ1) is 14.0. The molecule has 0 radical (unpaired) electrons. The first kappa shape index (κ1) is 18.2. The Bertz CT molecular complexity index is 1130. The molecule has 8 heteroatoms. The van der Waals surface area contributed by atoms with Gasteiger partial charge in [0.15, 0.2) is 29.2 Å². The van der Waals surface area contributed by atoms with Gasteiger partial charge in [0, 0.05) is 16.8 Å². The number of nitrogens with one attached hydrogen (secondary N) is 1. The fourth-order valence-electron chi connectivity index (χ4n) is 3.12. The number of rotatable bonds is 3. The summed E-state index contributed by atoms with van der Waals surface area (Å²) in [4.78, 5) is 13.1. The summed E-state index contributed by atoms with van der Waals surface area (Å²) in [6, 6.07) is 15.6. The summed E-state index contributed by atoms with van der Waals surface area (Å²) in [6.45, 7) is 0.